The van der Waals surface area contributed by atoms with E-state index in [1.807, 2.05) is 98.0 Å². The number of nitrogens with one attached hydrogen (secondary N) is 1. The van der Waals surface area contributed by atoms with Crippen molar-refractivity contribution in [1.82, 2.24) is 74.2 Å². The molecule has 0 bridgehead atoms. The summed E-state index contributed by atoms with van der Waals surface area (Å²) in [5.74, 6) is 3.38. The van der Waals surface area contributed by atoms with Crippen LogP contribution in [-0.4, -0.2) is 316 Å². The van der Waals surface area contributed by atoms with Crippen molar-refractivity contribution in [3.63, 3.8) is 0 Å². The first-order valence-corrected chi connectivity index (χ1v) is 45.4. The molecule has 0 aromatic carbocycles. The molecule has 4 saturated carbocycles. The first-order valence-electron chi connectivity index (χ1n) is 45.4. The molecular weight excluding hydrogens is 1450 g/mol. The molecule has 7 heterocycles. The second kappa shape index (κ2) is 35.4. The highest BCUT2D eigenvalue weighted by molar-refractivity contribution is 5.92. The van der Waals surface area contributed by atoms with Gasteiger partial charge in [-0.1, -0.05) is 83.6 Å². The summed E-state index contributed by atoms with van der Waals surface area (Å²) in [6.07, 6.45) is 24.5. The molecule has 24 heteroatoms. The van der Waals surface area contributed by atoms with Crippen molar-refractivity contribution in [1.29, 1.82) is 0 Å². The summed E-state index contributed by atoms with van der Waals surface area (Å²) in [6, 6.07) is 1.13. The van der Waals surface area contributed by atoms with Crippen molar-refractivity contribution in [3.8, 4) is 0 Å². The van der Waals surface area contributed by atoms with E-state index in [-0.39, 0.29) is 86.8 Å². The lowest BCUT2D eigenvalue weighted by molar-refractivity contribution is -0.162. The molecule has 6 saturated heterocycles. The number of amides is 5. The second-order valence-electron chi connectivity index (χ2n) is 44.0. The third kappa shape index (κ3) is 19.7. The highest BCUT2D eigenvalue weighted by atomic mass is 16.2. The van der Waals surface area contributed by atoms with Crippen LogP contribution in [0.25, 0.3) is 0 Å². The molecule has 1 aromatic rings. The van der Waals surface area contributed by atoms with Crippen molar-refractivity contribution >= 4 is 53.2 Å². The summed E-state index contributed by atoms with van der Waals surface area (Å²) in [5.41, 5.74) is -4.27. The summed E-state index contributed by atoms with van der Waals surface area (Å²) in [4.78, 5) is 129. The number of likely N-dealkylation sites (N-methyl/N-ethyl adjacent to an activating group) is 6. The van der Waals surface area contributed by atoms with Crippen molar-refractivity contribution in [2.45, 2.75) is 398 Å². The Kier molecular flexibility index (Phi) is 28.9. The number of carbonyl (C=O) groups excluding carboxylic acids is 6. The molecule has 11 rings (SSSR count). The summed E-state index contributed by atoms with van der Waals surface area (Å²) in [5, 5.41) is 3.65. The lowest BCUT2D eigenvalue weighted by atomic mass is 9.72. The van der Waals surface area contributed by atoms with Gasteiger partial charge in [-0.15, -0.1) is 0 Å². The number of anilines is 3. The predicted octanol–water partition coefficient (Wildman–Crippen LogP) is 12.8. The van der Waals surface area contributed by atoms with E-state index >= 15 is 0 Å². The lowest BCUT2D eigenvalue weighted by Gasteiger charge is -2.55. The van der Waals surface area contributed by atoms with Gasteiger partial charge in [0.2, 0.25) is 47.4 Å². The van der Waals surface area contributed by atoms with Crippen LogP contribution >= 0.6 is 0 Å². The molecule has 1 unspecified atom stereocenters. The highest BCUT2D eigenvalue weighted by Gasteiger charge is 2.56. The third-order valence-corrected chi connectivity index (χ3v) is 31.3. The van der Waals surface area contributed by atoms with Gasteiger partial charge in [0, 0.05) is 142 Å². The molecular formula is C92H166N18O6. The van der Waals surface area contributed by atoms with E-state index in [4.69, 9.17) is 21.5 Å². The molecule has 6 aliphatic heterocycles. The zero-order valence-electron chi connectivity index (χ0n) is 79.2. The molecule has 116 heavy (non-hydrogen) atoms. The van der Waals surface area contributed by atoms with Crippen LogP contribution in [0, 0.1) is 5.92 Å². The fourth-order valence-electron chi connectivity index (χ4n) is 21.8. The van der Waals surface area contributed by atoms with Crippen molar-refractivity contribution in [2.24, 2.45) is 5.92 Å². The van der Waals surface area contributed by atoms with E-state index in [9.17, 15) is 28.8 Å². The Morgan fingerprint density at radius 3 is 1.03 bits per heavy atom. The normalized spacial score (nSPS) is 27.4. The third-order valence-electron chi connectivity index (χ3n) is 31.3. The van der Waals surface area contributed by atoms with Crippen LogP contribution < -0.4 is 20.0 Å². The number of Topliss-reactive ketones (excluding diaryl/α,β-unsaturated/α-hetero) is 1. The highest BCUT2D eigenvalue weighted by Crippen LogP contribution is 2.44. The van der Waals surface area contributed by atoms with E-state index in [1.54, 1.807) is 0 Å². The number of nitrogens with zero attached hydrogens (tertiary/aromatic N) is 17. The molecule has 1 atom stereocenters. The predicted molar refractivity (Wildman–Crippen MR) is 473 cm³/mol. The Morgan fingerprint density at radius 2 is 0.655 bits per heavy atom. The molecule has 10 aliphatic rings. The van der Waals surface area contributed by atoms with Crippen LogP contribution in [0.15, 0.2) is 12.4 Å². The molecule has 0 spiro atoms. The minimum absolute atomic E-state index is 0.0219. The van der Waals surface area contributed by atoms with Crippen LogP contribution in [0.4, 0.5) is 17.8 Å². The molecule has 1 N–H and O–H groups in total. The number of aromatic nitrogens is 3. The first-order chi connectivity index (χ1) is 53.4. The molecule has 1 aromatic heterocycles. The molecule has 4 aliphatic carbocycles. The molecule has 660 valence electrons. The van der Waals surface area contributed by atoms with Gasteiger partial charge in [0.1, 0.15) is 5.82 Å². The van der Waals surface area contributed by atoms with E-state index < -0.39 is 33.2 Å². The van der Waals surface area contributed by atoms with Crippen LogP contribution in [0.5, 0.6) is 0 Å². The Labute approximate surface area is 704 Å². The number of carbonyl (C=O) groups is 6. The number of hydrogen-bond donors (Lipinski definition) is 1. The molecule has 0 radical (unpaired) electrons. The topological polar surface area (TPSA) is 198 Å². The lowest BCUT2D eigenvalue weighted by Crippen LogP contribution is -2.72. The second-order valence-corrected chi connectivity index (χ2v) is 44.0. The first kappa shape index (κ1) is 94.7. The summed E-state index contributed by atoms with van der Waals surface area (Å²) < 4.78 is 0. The van der Waals surface area contributed by atoms with Gasteiger partial charge < -0.3 is 34.7 Å². The van der Waals surface area contributed by atoms with Gasteiger partial charge in [0.15, 0.2) is 5.78 Å². The molecule has 24 nitrogen and oxygen atoms in total. The Morgan fingerprint density at radius 1 is 0.353 bits per heavy atom. The molecule has 5 amide bonds. The zero-order chi connectivity index (χ0) is 86.6. The Hall–Kier alpha value is -5.11. The fraction of sp³-hybridized carbons (Fsp3) is 0.880. The van der Waals surface area contributed by atoms with Crippen molar-refractivity contribution in [3.05, 3.63) is 12.4 Å². The van der Waals surface area contributed by atoms with Crippen LogP contribution in [0.2, 0.25) is 0 Å². The number of piperidine rings is 1. The minimum Gasteiger partial charge on any atom is -0.338 e. The zero-order valence-corrected chi connectivity index (χ0v) is 79.2. The summed E-state index contributed by atoms with van der Waals surface area (Å²) in [7, 11) is 12.3. The van der Waals surface area contributed by atoms with Gasteiger partial charge in [-0.2, -0.15) is 15.0 Å². The van der Waals surface area contributed by atoms with E-state index in [1.165, 1.54) is 51.4 Å². The van der Waals surface area contributed by atoms with Gasteiger partial charge in [-0.3, -0.25) is 68.0 Å². The number of hydrogen-bond acceptors (Lipinski definition) is 19. The van der Waals surface area contributed by atoms with Gasteiger partial charge >= 0.3 is 0 Å². The quantitative estimate of drug-likeness (QED) is 0.122. The number of rotatable bonds is 21. The number of piperazine rings is 5. The molecule has 10 fully saturated rings. The van der Waals surface area contributed by atoms with Crippen LogP contribution in [0.1, 0.15) is 307 Å². The summed E-state index contributed by atoms with van der Waals surface area (Å²) >= 11 is 0. The fourth-order valence-corrected chi connectivity index (χ4v) is 21.8. The van der Waals surface area contributed by atoms with E-state index in [2.05, 4.69) is 184 Å². The maximum absolute atomic E-state index is 14.8. The Bertz CT molecular complexity index is 3460. The Balaban J connectivity index is 0.000000264. The van der Waals surface area contributed by atoms with Crippen LogP contribution in [0.3, 0.4) is 0 Å². The average molecular weight is 1620 g/mol. The minimum atomic E-state index is -0.758. The van der Waals surface area contributed by atoms with Gasteiger partial charge in [0.25, 0.3) is 0 Å². The SMILES string of the molecule is C=C(N1CC(C)(C)N(C)C(C)(C)C1=O)N(c1nc(N(CCC2CC(C)(C)N(C)C(C)(C)C2=O)C2CCCCC2)nc(N(CCN2CC(C)(C)N(C)C(C)(C)C2=O)C2CCCCC2)n1)C1CCCCC1.CN1C(C)(C)CN(CCN2CC(C)(C)N(C)C(C)(C)C2=O)C(=O)C1(C)C.CN1C(C)(C)CN(CCNC2CCCCC2)C(=O)C1(C)C. The van der Waals surface area contributed by atoms with Crippen LogP contribution in [-0.2, 0) is 28.8 Å². The van der Waals surface area contributed by atoms with E-state index in [0.29, 0.717) is 94.4 Å². The number of likely N-dealkylation sites (tertiary alicyclic amines) is 1. The maximum atomic E-state index is 14.8. The van der Waals surface area contributed by atoms with E-state index in [0.717, 1.165) is 110 Å². The van der Waals surface area contributed by atoms with Gasteiger partial charge in [-0.05, 0) is 273 Å². The standard InChI is InChI=1S/C55H95N11O3.C20H38N4O2.C17H33N3O/c1-39(65-38-52(6,7)61(16)55(12,13)46(65)69)66(43-30-24-19-25-31-43)49-57-47(63(41-26-20-17-21-27-41)33-32-40-36-50(2,3)59(14)53(8,9)44(40)67)56-48(58-49)64(42-28-22-18-23-29-42)35-34-62-37-51(4,5)60(15)54(10,11)45(62)68;1-17(2)13-23(15(25)19(5,6)21(17)9)11-12-24-14-18(3,4)22(10)20(7,8)16(24)26;1-16(2)13-20(15(21)17(3,4)19(16)5)12-11-18-14-9-7-6-8-10-14/h40-43H,1,17-38H2,2-16H3;11-14H2,1-10H3;14,18H,6-13H2,1-5H3. The summed E-state index contributed by atoms with van der Waals surface area (Å²) in [6.45, 7) is 63.8. The number of ketones is 1. The van der Waals surface area contributed by atoms with Gasteiger partial charge in [0.05, 0.1) is 33.2 Å². The smallest absolute Gasteiger partial charge is 0.248 e. The van der Waals surface area contributed by atoms with Gasteiger partial charge in [-0.25, -0.2) is 0 Å². The van der Waals surface area contributed by atoms with Crippen molar-refractivity contribution < 1.29 is 28.8 Å². The maximum Gasteiger partial charge on any atom is 0.248 e. The average Bonchev–Trinajstić information content (AvgIpc) is 0.724. The monoisotopic (exact) mass is 1620 g/mol. The largest absolute Gasteiger partial charge is 0.338 e. The van der Waals surface area contributed by atoms with Crippen molar-refractivity contribution in [2.75, 3.05) is 136 Å².